The molecule has 2 aromatic rings. The van der Waals surface area contributed by atoms with Gasteiger partial charge in [0, 0.05) is 11.9 Å². The van der Waals surface area contributed by atoms with Crippen LogP contribution in [0.5, 0.6) is 5.88 Å². The van der Waals surface area contributed by atoms with E-state index in [0.29, 0.717) is 18.8 Å². The smallest absolute Gasteiger partial charge is 0.270 e. The van der Waals surface area contributed by atoms with E-state index < -0.39 is 9.84 Å². The van der Waals surface area contributed by atoms with Gasteiger partial charge >= 0.3 is 0 Å². The number of nitrogens with one attached hydrogen (secondary N) is 1. The van der Waals surface area contributed by atoms with Crippen LogP contribution in [-0.2, 0) is 9.84 Å². The minimum Gasteiger partial charge on any atom is -0.481 e. The first kappa shape index (κ1) is 15.7. The lowest BCUT2D eigenvalue weighted by Gasteiger charge is -2.11. The summed E-state index contributed by atoms with van der Waals surface area (Å²) in [5.74, 6) is 0.401. The molecule has 0 aliphatic carbocycles. The zero-order valence-electron chi connectivity index (χ0n) is 12.8. The summed E-state index contributed by atoms with van der Waals surface area (Å²) in [5, 5.41) is 4.48. The Morgan fingerprint density at radius 2 is 2.17 bits per heavy atom. The van der Waals surface area contributed by atoms with Gasteiger partial charge in [0.25, 0.3) is 5.91 Å². The summed E-state index contributed by atoms with van der Waals surface area (Å²) in [5.41, 5.74) is 0.265. The number of sulfone groups is 1. The summed E-state index contributed by atoms with van der Waals surface area (Å²) in [6.45, 7) is 0.342. The second-order valence-corrected chi connectivity index (χ2v) is 7.95. The van der Waals surface area contributed by atoms with E-state index in [1.807, 2.05) is 24.3 Å². The van der Waals surface area contributed by atoms with Crippen LogP contribution in [0.3, 0.4) is 0 Å². The van der Waals surface area contributed by atoms with Gasteiger partial charge in [-0.15, -0.1) is 0 Å². The number of aromatic nitrogens is 1. The van der Waals surface area contributed by atoms with Crippen molar-refractivity contribution in [1.29, 1.82) is 0 Å². The quantitative estimate of drug-likeness (QED) is 0.914. The lowest BCUT2D eigenvalue weighted by molar-refractivity contribution is 0.0943. The highest BCUT2D eigenvalue weighted by Gasteiger charge is 2.28. The van der Waals surface area contributed by atoms with Gasteiger partial charge in [0.05, 0.1) is 18.6 Å². The van der Waals surface area contributed by atoms with Crippen LogP contribution in [0.2, 0.25) is 0 Å². The van der Waals surface area contributed by atoms with E-state index in [4.69, 9.17) is 4.74 Å². The fourth-order valence-electron chi connectivity index (χ4n) is 2.80. The van der Waals surface area contributed by atoms with Gasteiger partial charge in [-0.2, -0.15) is 0 Å². The monoisotopic (exact) mass is 334 g/mol. The van der Waals surface area contributed by atoms with Gasteiger partial charge in [-0.25, -0.2) is 13.4 Å². The molecule has 6 nitrogen and oxygen atoms in total. The molecule has 1 aromatic carbocycles. The third-order valence-electron chi connectivity index (χ3n) is 4.01. The van der Waals surface area contributed by atoms with Crippen LogP contribution in [-0.4, -0.2) is 44.5 Å². The van der Waals surface area contributed by atoms with Crippen molar-refractivity contribution in [2.24, 2.45) is 5.92 Å². The molecule has 1 fully saturated rings. The van der Waals surface area contributed by atoms with Crippen LogP contribution in [0.25, 0.3) is 10.8 Å². The van der Waals surface area contributed by atoms with Gasteiger partial charge in [0.2, 0.25) is 5.88 Å². The maximum Gasteiger partial charge on any atom is 0.270 e. The average molecular weight is 334 g/mol. The zero-order valence-corrected chi connectivity index (χ0v) is 13.6. The molecule has 23 heavy (non-hydrogen) atoms. The van der Waals surface area contributed by atoms with Gasteiger partial charge in [-0.05, 0) is 29.9 Å². The third-order valence-corrected chi connectivity index (χ3v) is 5.85. The standard InChI is InChI=1S/C16H18N2O4S/c1-22-16-13-5-3-2-4-12(13)8-14(18-16)15(19)17-9-11-6-7-23(20,21)10-11/h2-5,8,11H,6-7,9-10H2,1H3,(H,17,19)/t11-/m1/s1. The van der Waals surface area contributed by atoms with E-state index in [1.165, 1.54) is 7.11 Å². The highest BCUT2D eigenvalue weighted by Crippen LogP contribution is 2.24. The Bertz CT molecular complexity index is 848. The Labute approximate surface area is 134 Å². The van der Waals surface area contributed by atoms with Gasteiger partial charge in [-0.1, -0.05) is 18.2 Å². The lowest BCUT2D eigenvalue weighted by atomic mass is 10.1. The number of amides is 1. The van der Waals surface area contributed by atoms with Crippen molar-refractivity contribution < 1.29 is 17.9 Å². The molecule has 1 aromatic heterocycles. The van der Waals surface area contributed by atoms with Gasteiger partial charge in [0.1, 0.15) is 5.69 Å². The molecule has 0 bridgehead atoms. The maximum absolute atomic E-state index is 12.3. The van der Waals surface area contributed by atoms with Gasteiger partial charge < -0.3 is 10.1 Å². The molecular formula is C16H18N2O4S. The van der Waals surface area contributed by atoms with E-state index >= 15 is 0 Å². The molecule has 1 atom stereocenters. The average Bonchev–Trinajstić information content (AvgIpc) is 2.90. The SMILES string of the molecule is COc1nc(C(=O)NC[C@H]2CCS(=O)(=O)C2)cc2ccccc12. The van der Waals surface area contributed by atoms with E-state index in [0.717, 1.165) is 10.8 Å². The van der Waals surface area contributed by atoms with Crippen LogP contribution in [0.1, 0.15) is 16.9 Å². The molecule has 1 aliphatic heterocycles. The molecule has 0 saturated carbocycles. The normalized spacial score (nSPS) is 19.6. The highest BCUT2D eigenvalue weighted by atomic mass is 32.2. The second-order valence-electron chi connectivity index (χ2n) is 5.72. The number of ether oxygens (including phenoxy) is 1. The summed E-state index contributed by atoms with van der Waals surface area (Å²) in [7, 11) is -1.42. The molecule has 1 aliphatic rings. The Balaban J connectivity index is 1.76. The first-order valence-electron chi connectivity index (χ1n) is 7.41. The van der Waals surface area contributed by atoms with Gasteiger partial charge in [0.15, 0.2) is 9.84 Å². The summed E-state index contributed by atoms with van der Waals surface area (Å²) in [6.07, 6.45) is 0.594. The van der Waals surface area contributed by atoms with Crippen molar-refractivity contribution in [3.8, 4) is 5.88 Å². The van der Waals surface area contributed by atoms with Crippen molar-refractivity contribution in [3.63, 3.8) is 0 Å². The highest BCUT2D eigenvalue weighted by molar-refractivity contribution is 7.91. The number of hydrogen-bond donors (Lipinski definition) is 1. The molecule has 0 unspecified atom stereocenters. The number of rotatable bonds is 4. The van der Waals surface area contributed by atoms with Crippen molar-refractivity contribution in [3.05, 3.63) is 36.0 Å². The molecule has 1 N–H and O–H groups in total. The number of hydrogen-bond acceptors (Lipinski definition) is 5. The largest absolute Gasteiger partial charge is 0.481 e. The Morgan fingerprint density at radius 1 is 1.39 bits per heavy atom. The summed E-state index contributed by atoms with van der Waals surface area (Å²) in [6, 6.07) is 9.24. The van der Waals surface area contributed by atoms with Crippen LogP contribution < -0.4 is 10.1 Å². The van der Waals surface area contributed by atoms with Crippen molar-refractivity contribution in [1.82, 2.24) is 10.3 Å². The molecule has 122 valence electrons. The number of nitrogens with zero attached hydrogens (tertiary/aromatic N) is 1. The summed E-state index contributed by atoms with van der Waals surface area (Å²) < 4.78 is 28.1. The number of carbonyl (C=O) groups excluding carboxylic acids is 1. The minimum atomic E-state index is -2.93. The Kier molecular flexibility index (Phi) is 4.21. The number of fused-ring (bicyclic) bond motifs is 1. The van der Waals surface area contributed by atoms with Crippen molar-refractivity contribution >= 4 is 26.5 Å². The van der Waals surface area contributed by atoms with Crippen LogP contribution in [0, 0.1) is 5.92 Å². The molecule has 1 amide bonds. The minimum absolute atomic E-state index is 0.0219. The summed E-state index contributed by atoms with van der Waals surface area (Å²) in [4.78, 5) is 16.5. The van der Waals surface area contributed by atoms with Crippen LogP contribution >= 0.6 is 0 Å². The fraction of sp³-hybridized carbons (Fsp3) is 0.375. The van der Waals surface area contributed by atoms with E-state index in [-0.39, 0.29) is 29.0 Å². The van der Waals surface area contributed by atoms with Crippen LogP contribution in [0.15, 0.2) is 30.3 Å². The number of methoxy groups -OCH3 is 1. The van der Waals surface area contributed by atoms with Crippen LogP contribution in [0.4, 0.5) is 0 Å². The lowest BCUT2D eigenvalue weighted by Crippen LogP contribution is -2.30. The van der Waals surface area contributed by atoms with E-state index in [1.54, 1.807) is 6.07 Å². The first-order valence-corrected chi connectivity index (χ1v) is 9.23. The molecule has 0 spiro atoms. The predicted molar refractivity (Wildman–Crippen MR) is 87.4 cm³/mol. The van der Waals surface area contributed by atoms with Crippen molar-refractivity contribution in [2.75, 3.05) is 25.2 Å². The molecular weight excluding hydrogens is 316 g/mol. The molecule has 7 heteroatoms. The first-order chi connectivity index (χ1) is 11.0. The third kappa shape index (κ3) is 3.44. The molecule has 2 heterocycles. The second kappa shape index (κ2) is 6.16. The summed E-state index contributed by atoms with van der Waals surface area (Å²) >= 11 is 0. The van der Waals surface area contributed by atoms with Crippen molar-refractivity contribution in [2.45, 2.75) is 6.42 Å². The fourth-order valence-corrected chi connectivity index (χ4v) is 4.66. The van der Waals surface area contributed by atoms with E-state index in [9.17, 15) is 13.2 Å². The molecule has 1 saturated heterocycles. The molecule has 3 rings (SSSR count). The number of benzene rings is 1. The topological polar surface area (TPSA) is 85.4 Å². The van der Waals surface area contributed by atoms with E-state index in [2.05, 4.69) is 10.3 Å². The Morgan fingerprint density at radius 3 is 2.87 bits per heavy atom. The number of pyridine rings is 1. The Hall–Kier alpha value is -2.15. The maximum atomic E-state index is 12.3. The zero-order chi connectivity index (χ0) is 16.4. The predicted octanol–water partition coefficient (Wildman–Crippen LogP) is 1.41. The van der Waals surface area contributed by atoms with Gasteiger partial charge in [-0.3, -0.25) is 4.79 Å². The molecule has 0 radical (unpaired) electrons. The number of carbonyl (C=O) groups is 1.